The number of halogens is 1. The van der Waals surface area contributed by atoms with Crippen LogP contribution in [0, 0.1) is 0 Å². The van der Waals surface area contributed by atoms with E-state index in [2.05, 4.69) is 15.9 Å². The van der Waals surface area contributed by atoms with E-state index in [1.165, 1.54) is 0 Å². The standard InChI is InChI=1S/C14H20BrNO3/c1-11(16(7-9-17)8-10-19-2)14(18)12-3-5-13(15)6-4-12/h3-6,11,17H,7-10H2,1-2H3. The lowest BCUT2D eigenvalue weighted by Gasteiger charge is -2.27. The number of hydrogen-bond donors (Lipinski definition) is 1. The van der Waals surface area contributed by atoms with Crippen LogP contribution in [0.1, 0.15) is 17.3 Å². The van der Waals surface area contributed by atoms with Gasteiger partial charge in [0.25, 0.3) is 0 Å². The Morgan fingerprint density at radius 1 is 1.37 bits per heavy atom. The van der Waals surface area contributed by atoms with Crippen LogP contribution in [0.15, 0.2) is 28.7 Å². The summed E-state index contributed by atoms with van der Waals surface area (Å²) < 4.78 is 5.98. The Balaban J connectivity index is 2.74. The van der Waals surface area contributed by atoms with Gasteiger partial charge in [-0.1, -0.05) is 28.1 Å². The van der Waals surface area contributed by atoms with Crippen LogP contribution in [0.2, 0.25) is 0 Å². The van der Waals surface area contributed by atoms with Crippen LogP contribution in [-0.2, 0) is 4.74 Å². The van der Waals surface area contributed by atoms with E-state index in [1.54, 1.807) is 19.2 Å². The van der Waals surface area contributed by atoms with Crippen molar-refractivity contribution in [3.05, 3.63) is 34.3 Å². The van der Waals surface area contributed by atoms with E-state index in [-0.39, 0.29) is 18.4 Å². The van der Waals surface area contributed by atoms with Crippen molar-refractivity contribution in [3.63, 3.8) is 0 Å². The van der Waals surface area contributed by atoms with Gasteiger partial charge in [-0.3, -0.25) is 9.69 Å². The molecule has 1 unspecified atom stereocenters. The minimum atomic E-state index is -0.275. The second-order valence-electron chi connectivity index (χ2n) is 4.30. The fraction of sp³-hybridized carbons (Fsp3) is 0.500. The Bertz CT molecular complexity index is 394. The molecule has 0 fully saturated rings. The van der Waals surface area contributed by atoms with E-state index in [9.17, 15) is 4.79 Å². The van der Waals surface area contributed by atoms with E-state index >= 15 is 0 Å². The maximum absolute atomic E-state index is 12.4. The maximum Gasteiger partial charge on any atom is 0.179 e. The number of hydrogen-bond acceptors (Lipinski definition) is 4. The SMILES string of the molecule is COCCN(CCO)C(C)C(=O)c1ccc(Br)cc1. The zero-order valence-corrected chi connectivity index (χ0v) is 12.9. The zero-order chi connectivity index (χ0) is 14.3. The number of aliphatic hydroxyl groups excluding tert-OH is 1. The van der Waals surface area contributed by atoms with Crippen molar-refractivity contribution in [3.8, 4) is 0 Å². The first-order valence-corrected chi connectivity index (χ1v) is 7.03. The molecular formula is C14H20BrNO3. The van der Waals surface area contributed by atoms with E-state index in [1.807, 2.05) is 24.0 Å². The molecule has 5 heteroatoms. The number of benzene rings is 1. The molecule has 0 saturated carbocycles. The van der Waals surface area contributed by atoms with Crippen molar-refractivity contribution >= 4 is 21.7 Å². The van der Waals surface area contributed by atoms with Crippen LogP contribution < -0.4 is 0 Å². The highest BCUT2D eigenvalue weighted by atomic mass is 79.9. The minimum Gasteiger partial charge on any atom is -0.395 e. The van der Waals surface area contributed by atoms with Gasteiger partial charge in [0.15, 0.2) is 5.78 Å². The van der Waals surface area contributed by atoms with Crippen LogP contribution in [-0.4, -0.2) is 55.2 Å². The van der Waals surface area contributed by atoms with Crippen LogP contribution in [0.3, 0.4) is 0 Å². The number of carbonyl (C=O) groups is 1. The number of nitrogens with zero attached hydrogens (tertiary/aromatic N) is 1. The molecule has 0 bridgehead atoms. The monoisotopic (exact) mass is 329 g/mol. The Kier molecular flexibility index (Phi) is 7.23. The summed E-state index contributed by atoms with van der Waals surface area (Å²) in [6.45, 7) is 3.52. The number of carbonyl (C=O) groups excluding carboxylic acids is 1. The highest BCUT2D eigenvalue weighted by Crippen LogP contribution is 2.14. The summed E-state index contributed by atoms with van der Waals surface area (Å²) in [5.41, 5.74) is 0.677. The molecule has 0 saturated heterocycles. The average molecular weight is 330 g/mol. The first-order chi connectivity index (χ1) is 9.10. The van der Waals surface area contributed by atoms with Crippen LogP contribution >= 0.6 is 15.9 Å². The number of ketones is 1. The molecule has 1 aromatic rings. The van der Waals surface area contributed by atoms with Crippen molar-refractivity contribution < 1.29 is 14.6 Å². The Labute approximate surface area is 122 Å². The van der Waals surface area contributed by atoms with Gasteiger partial charge in [-0.15, -0.1) is 0 Å². The van der Waals surface area contributed by atoms with Crippen molar-refractivity contribution in [2.45, 2.75) is 13.0 Å². The second-order valence-corrected chi connectivity index (χ2v) is 5.22. The van der Waals surface area contributed by atoms with Crippen molar-refractivity contribution in [2.24, 2.45) is 0 Å². The van der Waals surface area contributed by atoms with E-state index in [0.29, 0.717) is 25.3 Å². The number of aliphatic hydroxyl groups is 1. The van der Waals surface area contributed by atoms with Crippen molar-refractivity contribution in [1.82, 2.24) is 4.90 Å². The lowest BCUT2D eigenvalue weighted by atomic mass is 10.0. The third-order valence-electron chi connectivity index (χ3n) is 3.03. The molecule has 0 heterocycles. The number of Topliss-reactive ketones (excluding diaryl/α,β-unsaturated/α-hetero) is 1. The van der Waals surface area contributed by atoms with Gasteiger partial charge >= 0.3 is 0 Å². The maximum atomic E-state index is 12.4. The van der Waals surface area contributed by atoms with Gasteiger partial charge in [0.2, 0.25) is 0 Å². The largest absolute Gasteiger partial charge is 0.395 e. The molecule has 0 radical (unpaired) electrons. The predicted octanol–water partition coefficient (Wildman–Crippen LogP) is 1.96. The molecular weight excluding hydrogens is 310 g/mol. The van der Waals surface area contributed by atoms with E-state index in [0.717, 1.165) is 4.47 Å². The van der Waals surface area contributed by atoms with Gasteiger partial charge in [0.1, 0.15) is 0 Å². The molecule has 19 heavy (non-hydrogen) atoms. The highest BCUT2D eigenvalue weighted by molar-refractivity contribution is 9.10. The summed E-state index contributed by atoms with van der Waals surface area (Å²) in [7, 11) is 1.62. The zero-order valence-electron chi connectivity index (χ0n) is 11.3. The molecule has 0 spiro atoms. The smallest absolute Gasteiger partial charge is 0.179 e. The summed E-state index contributed by atoms with van der Waals surface area (Å²) in [6, 6.07) is 7.03. The molecule has 1 aromatic carbocycles. The molecule has 0 aliphatic rings. The van der Waals surface area contributed by atoms with Crippen LogP contribution in [0.25, 0.3) is 0 Å². The summed E-state index contributed by atoms with van der Waals surface area (Å²) in [5.74, 6) is 0.0528. The normalized spacial score (nSPS) is 12.7. The molecule has 0 aromatic heterocycles. The number of rotatable bonds is 8. The lowest BCUT2D eigenvalue weighted by Crippen LogP contribution is -2.42. The Morgan fingerprint density at radius 3 is 2.53 bits per heavy atom. The average Bonchev–Trinajstić information content (AvgIpc) is 2.42. The van der Waals surface area contributed by atoms with Crippen molar-refractivity contribution in [1.29, 1.82) is 0 Å². The van der Waals surface area contributed by atoms with E-state index < -0.39 is 0 Å². The number of methoxy groups -OCH3 is 1. The lowest BCUT2D eigenvalue weighted by molar-refractivity contribution is 0.0730. The van der Waals surface area contributed by atoms with Gasteiger partial charge in [-0.25, -0.2) is 0 Å². The third-order valence-corrected chi connectivity index (χ3v) is 3.55. The first-order valence-electron chi connectivity index (χ1n) is 6.23. The molecule has 0 amide bonds. The van der Waals surface area contributed by atoms with Gasteiger partial charge in [0, 0.05) is 30.2 Å². The molecule has 4 nitrogen and oxygen atoms in total. The quantitative estimate of drug-likeness (QED) is 0.741. The third kappa shape index (κ3) is 5.03. The second kappa shape index (κ2) is 8.43. The van der Waals surface area contributed by atoms with Gasteiger partial charge in [-0.2, -0.15) is 0 Å². The minimum absolute atomic E-state index is 0.0294. The first kappa shape index (κ1) is 16.3. The summed E-state index contributed by atoms with van der Waals surface area (Å²) >= 11 is 3.35. The molecule has 0 aliphatic carbocycles. The van der Waals surface area contributed by atoms with Crippen LogP contribution in [0.4, 0.5) is 0 Å². The summed E-state index contributed by atoms with van der Waals surface area (Å²) in [5, 5.41) is 9.07. The molecule has 106 valence electrons. The van der Waals surface area contributed by atoms with Crippen molar-refractivity contribution in [2.75, 3.05) is 33.4 Å². The van der Waals surface area contributed by atoms with Gasteiger partial charge in [-0.05, 0) is 19.1 Å². The fourth-order valence-corrected chi connectivity index (χ4v) is 2.12. The van der Waals surface area contributed by atoms with Crippen LogP contribution in [0.5, 0.6) is 0 Å². The Hall–Kier alpha value is -0.750. The van der Waals surface area contributed by atoms with E-state index in [4.69, 9.17) is 9.84 Å². The molecule has 1 atom stereocenters. The molecule has 1 N–H and O–H groups in total. The summed E-state index contributed by atoms with van der Waals surface area (Å²) in [4.78, 5) is 14.3. The topological polar surface area (TPSA) is 49.8 Å². The number of ether oxygens (including phenoxy) is 1. The molecule has 1 rings (SSSR count). The fourth-order valence-electron chi connectivity index (χ4n) is 1.86. The van der Waals surface area contributed by atoms with Gasteiger partial charge in [0.05, 0.1) is 19.3 Å². The summed E-state index contributed by atoms with van der Waals surface area (Å²) in [6.07, 6.45) is 0. The highest BCUT2D eigenvalue weighted by Gasteiger charge is 2.21. The Morgan fingerprint density at radius 2 is 2.00 bits per heavy atom. The van der Waals surface area contributed by atoms with Gasteiger partial charge < -0.3 is 9.84 Å². The molecule has 0 aliphatic heterocycles. The predicted molar refractivity (Wildman–Crippen MR) is 78.5 cm³/mol.